The number of aromatic nitrogens is 4. The number of fused-ring (bicyclic) bond motifs is 9. The lowest BCUT2D eigenvalue weighted by Crippen LogP contribution is -2.03. The van der Waals surface area contributed by atoms with Crippen LogP contribution < -0.4 is 0 Å². The van der Waals surface area contributed by atoms with Gasteiger partial charge >= 0.3 is 0 Å². The third-order valence-corrected chi connectivity index (χ3v) is 12.4. The van der Waals surface area contributed by atoms with Crippen molar-refractivity contribution >= 4 is 76.1 Å². The zero-order chi connectivity index (χ0) is 40.7. The average Bonchev–Trinajstić information content (AvgIpc) is 3.87. The molecule has 0 saturated heterocycles. The predicted octanol–water partition coefficient (Wildman–Crippen LogP) is 15.0. The Labute approximate surface area is 355 Å². The van der Waals surface area contributed by atoms with Crippen molar-refractivity contribution in [2.75, 3.05) is 0 Å². The standard InChI is InChI=1S/C57H34N4O/c1-2-16-38-32-52-50(31-37(38)15-1)43-21-7-9-25-51(43)61(52)40-28-30-48(49(34-40)39-27-29-45-44-22-8-10-26-53(44)62-54(45)33-39)57-59-55(46-23-11-17-35-13-3-5-19-41(35)46)58-56(60-57)47-24-12-18-36-14-4-6-20-42(36)47/h1-34H. The number of hydrogen-bond acceptors (Lipinski definition) is 4. The molecule has 0 atom stereocenters. The third kappa shape index (κ3) is 5.38. The molecular formula is C57H34N4O. The largest absolute Gasteiger partial charge is 0.456 e. The highest BCUT2D eigenvalue weighted by atomic mass is 16.3. The number of benzene rings is 10. The Balaban J connectivity index is 1.11. The molecule has 13 aromatic rings. The van der Waals surface area contributed by atoms with Crippen LogP contribution in [-0.2, 0) is 0 Å². The van der Waals surface area contributed by atoms with Crippen LogP contribution in [0.3, 0.4) is 0 Å². The van der Waals surface area contributed by atoms with Gasteiger partial charge in [0, 0.05) is 43.9 Å². The number of hydrogen-bond donors (Lipinski definition) is 0. The van der Waals surface area contributed by atoms with Crippen LogP contribution in [0.5, 0.6) is 0 Å². The van der Waals surface area contributed by atoms with Crippen LogP contribution in [0.2, 0.25) is 0 Å². The number of rotatable bonds is 5. The molecule has 0 radical (unpaired) electrons. The number of para-hydroxylation sites is 2. The first-order valence-electron chi connectivity index (χ1n) is 20.9. The van der Waals surface area contributed by atoms with E-state index < -0.39 is 0 Å². The minimum absolute atomic E-state index is 0.588. The third-order valence-electron chi connectivity index (χ3n) is 12.4. The van der Waals surface area contributed by atoms with Crippen LogP contribution >= 0.6 is 0 Å². The fourth-order valence-corrected chi connectivity index (χ4v) is 9.51. The monoisotopic (exact) mass is 790 g/mol. The van der Waals surface area contributed by atoms with Gasteiger partial charge in [0.05, 0.1) is 11.0 Å². The van der Waals surface area contributed by atoms with Gasteiger partial charge in [0.15, 0.2) is 17.5 Å². The summed E-state index contributed by atoms with van der Waals surface area (Å²) in [5.41, 5.74) is 9.78. The van der Waals surface area contributed by atoms with Crippen LogP contribution in [0.25, 0.3) is 127 Å². The quantitative estimate of drug-likeness (QED) is 0.174. The van der Waals surface area contributed by atoms with Crippen molar-refractivity contribution in [1.29, 1.82) is 0 Å². The fraction of sp³-hybridized carbons (Fsp3) is 0. The Bertz CT molecular complexity index is 3840. The van der Waals surface area contributed by atoms with Gasteiger partial charge in [0.25, 0.3) is 0 Å². The molecule has 288 valence electrons. The van der Waals surface area contributed by atoms with E-state index in [9.17, 15) is 0 Å². The summed E-state index contributed by atoms with van der Waals surface area (Å²) in [6.07, 6.45) is 0. The summed E-state index contributed by atoms with van der Waals surface area (Å²) in [6.45, 7) is 0. The van der Waals surface area contributed by atoms with Crippen LogP contribution in [0.4, 0.5) is 0 Å². The minimum Gasteiger partial charge on any atom is -0.456 e. The zero-order valence-corrected chi connectivity index (χ0v) is 33.3. The molecule has 0 bridgehead atoms. The second kappa shape index (κ2) is 13.6. The summed E-state index contributed by atoms with van der Waals surface area (Å²) >= 11 is 0. The maximum Gasteiger partial charge on any atom is 0.164 e. The van der Waals surface area contributed by atoms with Gasteiger partial charge in [-0.3, -0.25) is 0 Å². The van der Waals surface area contributed by atoms with Crippen LogP contribution in [-0.4, -0.2) is 19.5 Å². The zero-order valence-electron chi connectivity index (χ0n) is 33.3. The van der Waals surface area contributed by atoms with Gasteiger partial charge in [-0.1, -0.05) is 152 Å². The molecule has 5 nitrogen and oxygen atoms in total. The number of furan rings is 1. The average molecular weight is 791 g/mol. The van der Waals surface area contributed by atoms with Gasteiger partial charge in [-0.25, -0.2) is 15.0 Å². The summed E-state index contributed by atoms with van der Waals surface area (Å²) < 4.78 is 8.90. The van der Waals surface area contributed by atoms with E-state index in [4.69, 9.17) is 19.4 Å². The molecule has 13 rings (SSSR count). The normalized spacial score (nSPS) is 11.9. The maximum atomic E-state index is 6.51. The van der Waals surface area contributed by atoms with Crippen LogP contribution in [0, 0.1) is 0 Å². The molecule has 0 aliphatic rings. The summed E-state index contributed by atoms with van der Waals surface area (Å²) in [5, 5.41) is 11.4. The maximum absolute atomic E-state index is 6.51. The smallest absolute Gasteiger partial charge is 0.164 e. The molecule has 0 spiro atoms. The van der Waals surface area contributed by atoms with E-state index in [1.54, 1.807) is 0 Å². The minimum atomic E-state index is 0.588. The van der Waals surface area contributed by atoms with Gasteiger partial charge in [-0.2, -0.15) is 0 Å². The molecule has 0 saturated carbocycles. The highest BCUT2D eigenvalue weighted by Gasteiger charge is 2.21. The van der Waals surface area contributed by atoms with E-state index in [2.05, 4.69) is 199 Å². The second-order valence-electron chi connectivity index (χ2n) is 16.0. The summed E-state index contributed by atoms with van der Waals surface area (Å²) in [5.74, 6) is 1.82. The lowest BCUT2D eigenvalue weighted by Gasteiger charge is -2.16. The second-order valence-corrected chi connectivity index (χ2v) is 16.0. The Kier molecular flexibility index (Phi) is 7.54. The van der Waals surface area contributed by atoms with E-state index >= 15 is 0 Å². The van der Waals surface area contributed by atoms with E-state index in [1.807, 2.05) is 12.1 Å². The van der Waals surface area contributed by atoms with Gasteiger partial charge in [0.2, 0.25) is 0 Å². The van der Waals surface area contributed by atoms with Crippen molar-refractivity contribution in [2.45, 2.75) is 0 Å². The van der Waals surface area contributed by atoms with E-state index in [-0.39, 0.29) is 0 Å². The molecule has 0 N–H and O–H groups in total. The van der Waals surface area contributed by atoms with Crippen molar-refractivity contribution in [3.8, 4) is 51.0 Å². The molecule has 10 aromatic carbocycles. The first-order chi connectivity index (χ1) is 30.7. The van der Waals surface area contributed by atoms with Gasteiger partial charge in [0.1, 0.15) is 11.2 Å². The Morgan fingerprint density at radius 2 is 0.855 bits per heavy atom. The molecule has 5 heteroatoms. The first kappa shape index (κ1) is 34.5. The topological polar surface area (TPSA) is 56.7 Å². The molecule has 0 aliphatic carbocycles. The molecular weight excluding hydrogens is 757 g/mol. The Morgan fingerprint density at radius 1 is 0.306 bits per heavy atom. The van der Waals surface area contributed by atoms with Crippen LogP contribution in [0.15, 0.2) is 211 Å². The summed E-state index contributed by atoms with van der Waals surface area (Å²) in [7, 11) is 0. The highest BCUT2D eigenvalue weighted by molar-refractivity contribution is 6.14. The van der Waals surface area contributed by atoms with Gasteiger partial charge in [-0.05, 0) is 98.0 Å². The molecule has 3 aromatic heterocycles. The molecule has 0 amide bonds. The lowest BCUT2D eigenvalue weighted by molar-refractivity contribution is 0.669. The lowest BCUT2D eigenvalue weighted by atomic mass is 9.96. The summed E-state index contributed by atoms with van der Waals surface area (Å²) in [4.78, 5) is 16.1. The number of nitrogens with zero attached hydrogens (tertiary/aromatic N) is 4. The van der Waals surface area contributed by atoms with E-state index in [0.29, 0.717) is 17.5 Å². The van der Waals surface area contributed by atoms with Crippen LogP contribution in [0.1, 0.15) is 0 Å². The highest BCUT2D eigenvalue weighted by Crippen LogP contribution is 2.41. The van der Waals surface area contributed by atoms with Gasteiger partial charge < -0.3 is 8.98 Å². The van der Waals surface area contributed by atoms with Crippen molar-refractivity contribution in [3.63, 3.8) is 0 Å². The molecule has 0 unspecified atom stereocenters. The Hall–Kier alpha value is -8.41. The molecule has 62 heavy (non-hydrogen) atoms. The SMILES string of the molecule is c1ccc2cc3c(cc2c1)c1ccccc1n3-c1ccc(-c2nc(-c3cccc4ccccc34)nc(-c3cccc4ccccc34)n2)c(-c2ccc3c(c2)oc2ccccc23)c1. The predicted molar refractivity (Wildman–Crippen MR) is 256 cm³/mol. The molecule has 0 fully saturated rings. The molecule has 3 heterocycles. The van der Waals surface area contributed by atoms with Crippen molar-refractivity contribution < 1.29 is 4.42 Å². The Morgan fingerprint density at radius 3 is 1.56 bits per heavy atom. The van der Waals surface area contributed by atoms with E-state index in [0.717, 1.165) is 88.0 Å². The van der Waals surface area contributed by atoms with Crippen molar-refractivity contribution in [1.82, 2.24) is 19.5 Å². The van der Waals surface area contributed by atoms with Crippen molar-refractivity contribution in [2.24, 2.45) is 0 Å². The molecule has 0 aliphatic heterocycles. The summed E-state index contributed by atoms with van der Waals surface area (Å²) in [6, 6.07) is 72.8. The van der Waals surface area contributed by atoms with Crippen molar-refractivity contribution in [3.05, 3.63) is 206 Å². The fourth-order valence-electron chi connectivity index (χ4n) is 9.51. The van der Waals surface area contributed by atoms with Gasteiger partial charge in [-0.15, -0.1) is 0 Å². The first-order valence-corrected chi connectivity index (χ1v) is 20.9. The van der Waals surface area contributed by atoms with E-state index in [1.165, 1.54) is 21.5 Å².